The van der Waals surface area contributed by atoms with Gasteiger partial charge in [0.1, 0.15) is 0 Å². The van der Waals surface area contributed by atoms with Crippen molar-refractivity contribution in [1.82, 2.24) is 9.78 Å². The highest BCUT2D eigenvalue weighted by Crippen LogP contribution is 2.24. The first-order valence-corrected chi connectivity index (χ1v) is 6.42. The summed E-state index contributed by atoms with van der Waals surface area (Å²) in [6.07, 6.45) is 0. The third-order valence-corrected chi connectivity index (χ3v) is 3.70. The predicted octanol–water partition coefficient (Wildman–Crippen LogP) is 3.96. The van der Waals surface area contributed by atoms with E-state index in [4.69, 9.17) is 23.2 Å². The number of nitrogens with zero attached hydrogens (tertiary/aromatic N) is 2. The van der Waals surface area contributed by atoms with E-state index in [1.54, 1.807) is 0 Å². The molecule has 2 aromatic rings. The van der Waals surface area contributed by atoms with Crippen LogP contribution < -0.4 is 5.32 Å². The molecule has 1 N–H and O–H groups in total. The maximum Gasteiger partial charge on any atom is 0.0827 e. The van der Waals surface area contributed by atoms with E-state index in [0.29, 0.717) is 16.6 Å². The Bertz CT molecular complexity index is 576. The molecule has 3 nitrogen and oxygen atoms in total. The van der Waals surface area contributed by atoms with Crippen molar-refractivity contribution in [3.05, 3.63) is 45.2 Å². The topological polar surface area (TPSA) is 29.9 Å². The third kappa shape index (κ3) is 2.62. The predicted molar refractivity (Wildman–Crippen MR) is 76.5 cm³/mol. The van der Waals surface area contributed by atoms with E-state index in [1.807, 2.05) is 43.8 Å². The SMILES string of the molecule is Cc1nn(C)c(C)c1NCc1ccc(Cl)c(Cl)c1. The van der Waals surface area contributed by atoms with E-state index in [0.717, 1.165) is 22.6 Å². The number of benzene rings is 1. The highest BCUT2D eigenvalue weighted by atomic mass is 35.5. The zero-order valence-electron chi connectivity index (χ0n) is 10.6. The lowest BCUT2D eigenvalue weighted by atomic mass is 10.2. The number of anilines is 1. The van der Waals surface area contributed by atoms with Crippen LogP contribution in [-0.2, 0) is 13.6 Å². The number of aromatic nitrogens is 2. The molecule has 0 spiro atoms. The number of aryl methyl sites for hydroxylation is 2. The van der Waals surface area contributed by atoms with Gasteiger partial charge in [0, 0.05) is 13.6 Å². The lowest BCUT2D eigenvalue weighted by molar-refractivity contribution is 0.731. The molecule has 1 heterocycles. The number of halogens is 2. The van der Waals surface area contributed by atoms with Gasteiger partial charge in [-0.15, -0.1) is 0 Å². The van der Waals surface area contributed by atoms with Gasteiger partial charge in [-0.25, -0.2) is 0 Å². The van der Waals surface area contributed by atoms with Gasteiger partial charge < -0.3 is 5.32 Å². The van der Waals surface area contributed by atoms with Gasteiger partial charge in [-0.2, -0.15) is 5.10 Å². The lowest BCUT2D eigenvalue weighted by Gasteiger charge is -2.08. The Balaban J connectivity index is 2.14. The molecular weight excluding hydrogens is 269 g/mol. The van der Waals surface area contributed by atoms with Crippen LogP contribution in [0.3, 0.4) is 0 Å². The highest BCUT2D eigenvalue weighted by Gasteiger charge is 2.08. The monoisotopic (exact) mass is 283 g/mol. The quantitative estimate of drug-likeness (QED) is 0.924. The highest BCUT2D eigenvalue weighted by molar-refractivity contribution is 6.42. The summed E-state index contributed by atoms with van der Waals surface area (Å²) in [5, 5.41) is 8.90. The fourth-order valence-electron chi connectivity index (χ4n) is 1.87. The minimum atomic E-state index is 0.578. The second kappa shape index (κ2) is 5.21. The molecule has 0 fully saturated rings. The Morgan fingerprint density at radius 3 is 2.50 bits per heavy atom. The maximum absolute atomic E-state index is 5.99. The molecule has 0 aliphatic heterocycles. The van der Waals surface area contributed by atoms with E-state index in [1.165, 1.54) is 0 Å². The van der Waals surface area contributed by atoms with Gasteiger partial charge in [0.25, 0.3) is 0 Å². The molecule has 18 heavy (non-hydrogen) atoms. The minimum Gasteiger partial charge on any atom is -0.378 e. The standard InChI is InChI=1S/C13H15Cl2N3/c1-8-13(9(2)18(3)17-8)16-7-10-4-5-11(14)12(15)6-10/h4-6,16H,7H2,1-3H3. The summed E-state index contributed by atoms with van der Waals surface area (Å²) in [6, 6.07) is 5.64. The first-order valence-electron chi connectivity index (χ1n) is 5.67. The summed E-state index contributed by atoms with van der Waals surface area (Å²) in [7, 11) is 1.94. The summed E-state index contributed by atoms with van der Waals surface area (Å²) < 4.78 is 1.87. The molecule has 5 heteroatoms. The Kier molecular flexibility index (Phi) is 3.83. The molecular formula is C13H15Cl2N3. The van der Waals surface area contributed by atoms with E-state index >= 15 is 0 Å². The van der Waals surface area contributed by atoms with Gasteiger partial charge in [-0.3, -0.25) is 4.68 Å². The summed E-state index contributed by atoms with van der Waals surface area (Å²) in [5.74, 6) is 0. The Morgan fingerprint density at radius 1 is 1.22 bits per heavy atom. The average Bonchev–Trinajstić information content (AvgIpc) is 2.56. The van der Waals surface area contributed by atoms with Crippen molar-refractivity contribution in [2.45, 2.75) is 20.4 Å². The van der Waals surface area contributed by atoms with Crippen LogP contribution in [0.4, 0.5) is 5.69 Å². The van der Waals surface area contributed by atoms with Crippen LogP contribution in [0.15, 0.2) is 18.2 Å². The van der Waals surface area contributed by atoms with Gasteiger partial charge >= 0.3 is 0 Å². The molecule has 0 radical (unpaired) electrons. The van der Waals surface area contributed by atoms with Gasteiger partial charge in [-0.1, -0.05) is 29.3 Å². The first kappa shape index (κ1) is 13.2. The number of rotatable bonds is 3. The summed E-state index contributed by atoms with van der Waals surface area (Å²) in [4.78, 5) is 0. The van der Waals surface area contributed by atoms with E-state index in [2.05, 4.69) is 10.4 Å². The number of hydrogen-bond donors (Lipinski definition) is 1. The molecule has 0 atom stereocenters. The molecule has 1 aromatic carbocycles. The van der Waals surface area contributed by atoms with Gasteiger partial charge in [0.15, 0.2) is 0 Å². The van der Waals surface area contributed by atoms with Crippen molar-refractivity contribution < 1.29 is 0 Å². The molecule has 96 valence electrons. The van der Waals surface area contributed by atoms with Gasteiger partial charge in [0.2, 0.25) is 0 Å². The molecule has 0 bridgehead atoms. The van der Waals surface area contributed by atoms with Crippen molar-refractivity contribution >= 4 is 28.9 Å². The summed E-state index contributed by atoms with van der Waals surface area (Å²) >= 11 is 11.9. The molecule has 1 aromatic heterocycles. The van der Waals surface area contributed by atoms with Gasteiger partial charge in [-0.05, 0) is 31.5 Å². The molecule has 0 saturated heterocycles. The van der Waals surface area contributed by atoms with Crippen LogP contribution in [0.2, 0.25) is 10.0 Å². The van der Waals surface area contributed by atoms with E-state index in [9.17, 15) is 0 Å². The van der Waals surface area contributed by atoms with Crippen LogP contribution in [0.25, 0.3) is 0 Å². The molecule has 0 aliphatic rings. The Labute approximate surface area is 117 Å². The van der Waals surface area contributed by atoms with Crippen molar-refractivity contribution in [3.8, 4) is 0 Å². The van der Waals surface area contributed by atoms with Crippen LogP contribution >= 0.6 is 23.2 Å². The fourth-order valence-corrected chi connectivity index (χ4v) is 2.19. The largest absolute Gasteiger partial charge is 0.378 e. The smallest absolute Gasteiger partial charge is 0.0827 e. The fraction of sp³-hybridized carbons (Fsp3) is 0.308. The third-order valence-electron chi connectivity index (χ3n) is 2.96. The van der Waals surface area contributed by atoms with Crippen molar-refractivity contribution in [3.63, 3.8) is 0 Å². The normalized spacial score (nSPS) is 10.7. The zero-order valence-corrected chi connectivity index (χ0v) is 12.1. The van der Waals surface area contributed by atoms with Crippen LogP contribution in [0.1, 0.15) is 17.0 Å². The Hall–Kier alpha value is -1.19. The van der Waals surface area contributed by atoms with E-state index in [-0.39, 0.29) is 0 Å². The maximum atomic E-state index is 5.99. The summed E-state index contributed by atoms with van der Waals surface area (Å²) in [6.45, 7) is 4.73. The molecule has 0 saturated carbocycles. The zero-order chi connectivity index (χ0) is 13.3. The number of nitrogens with one attached hydrogen (secondary N) is 1. The van der Waals surface area contributed by atoms with E-state index < -0.39 is 0 Å². The number of hydrogen-bond acceptors (Lipinski definition) is 2. The van der Waals surface area contributed by atoms with Crippen LogP contribution in [-0.4, -0.2) is 9.78 Å². The van der Waals surface area contributed by atoms with Crippen molar-refractivity contribution in [1.29, 1.82) is 0 Å². The molecule has 0 aliphatic carbocycles. The first-order chi connectivity index (χ1) is 8.49. The second-order valence-electron chi connectivity index (χ2n) is 4.27. The van der Waals surface area contributed by atoms with Crippen molar-refractivity contribution in [2.75, 3.05) is 5.32 Å². The second-order valence-corrected chi connectivity index (χ2v) is 5.09. The summed E-state index contributed by atoms with van der Waals surface area (Å²) in [5.41, 5.74) is 4.28. The Morgan fingerprint density at radius 2 is 1.94 bits per heavy atom. The average molecular weight is 284 g/mol. The van der Waals surface area contributed by atoms with Crippen molar-refractivity contribution in [2.24, 2.45) is 7.05 Å². The lowest BCUT2D eigenvalue weighted by Crippen LogP contribution is -2.01. The van der Waals surface area contributed by atoms with Gasteiger partial charge in [0.05, 0.1) is 27.1 Å². The minimum absolute atomic E-state index is 0.578. The van der Waals surface area contributed by atoms with Crippen LogP contribution in [0, 0.1) is 13.8 Å². The van der Waals surface area contributed by atoms with Crippen LogP contribution in [0.5, 0.6) is 0 Å². The molecule has 0 amide bonds. The molecule has 2 rings (SSSR count). The molecule has 0 unspecified atom stereocenters.